The lowest BCUT2D eigenvalue weighted by Crippen LogP contribution is -2.44. The highest BCUT2D eigenvalue weighted by Crippen LogP contribution is 2.32. The van der Waals surface area contributed by atoms with Crippen LogP contribution in [0.3, 0.4) is 0 Å². The van der Waals surface area contributed by atoms with E-state index in [0.29, 0.717) is 34.5 Å². The van der Waals surface area contributed by atoms with Crippen molar-refractivity contribution in [3.63, 3.8) is 0 Å². The van der Waals surface area contributed by atoms with Gasteiger partial charge in [-0.3, -0.25) is 4.90 Å². The molecule has 1 aromatic rings. The second kappa shape index (κ2) is 5.74. The molecule has 0 N–H and O–H groups in total. The SMILES string of the molecule is C=C1C(c2c(Cl)cccc2Cl)=NOC1N1CCOCC1. The fourth-order valence-electron chi connectivity index (χ4n) is 2.37. The second-order valence-corrected chi connectivity index (χ2v) is 5.48. The highest BCUT2D eigenvalue weighted by atomic mass is 35.5. The standard InChI is InChI=1S/C14H14Cl2N2O2/c1-9-13(12-10(15)3-2-4-11(12)16)17-20-14(9)18-5-7-19-8-6-18/h2-4,14H,1,5-8H2. The molecular formula is C14H14Cl2N2O2. The van der Waals surface area contributed by atoms with Crippen molar-refractivity contribution in [1.82, 2.24) is 4.90 Å². The van der Waals surface area contributed by atoms with E-state index in [9.17, 15) is 0 Å². The predicted molar refractivity (Wildman–Crippen MR) is 79.4 cm³/mol. The Balaban J connectivity index is 1.85. The molecule has 6 heteroatoms. The fraction of sp³-hybridized carbons (Fsp3) is 0.357. The van der Waals surface area contributed by atoms with Crippen LogP contribution in [-0.4, -0.2) is 43.1 Å². The van der Waals surface area contributed by atoms with E-state index >= 15 is 0 Å². The largest absolute Gasteiger partial charge is 0.379 e. The number of ether oxygens (including phenoxy) is 1. The van der Waals surface area contributed by atoms with Crippen LogP contribution in [0.2, 0.25) is 10.0 Å². The lowest BCUT2D eigenvalue weighted by atomic mass is 10.0. The molecule has 2 heterocycles. The molecule has 0 aromatic heterocycles. The molecule has 106 valence electrons. The number of rotatable bonds is 2. The van der Waals surface area contributed by atoms with Gasteiger partial charge in [-0.15, -0.1) is 0 Å². The summed E-state index contributed by atoms with van der Waals surface area (Å²) >= 11 is 12.4. The molecule has 1 atom stereocenters. The van der Waals surface area contributed by atoms with E-state index in [4.69, 9.17) is 32.8 Å². The first-order valence-corrected chi connectivity index (χ1v) is 7.13. The molecule has 0 amide bonds. The van der Waals surface area contributed by atoms with E-state index in [1.54, 1.807) is 18.2 Å². The van der Waals surface area contributed by atoms with E-state index in [1.165, 1.54) is 0 Å². The third kappa shape index (κ3) is 2.44. The van der Waals surface area contributed by atoms with Gasteiger partial charge in [-0.25, -0.2) is 0 Å². The Labute approximate surface area is 127 Å². The van der Waals surface area contributed by atoms with Crippen LogP contribution in [0.4, 0.5) is 0 Å². The first kappa shape index (κ1) is 13.9. The minimum absolute atomic E-state index is 0.263. The Kier molecular flexibility index (Phi) is 3.98. The van der Waals surface area contributed by atoms with Gasteiger partial charge < -0.3 is 9.57 Å². The summed E-state index contributed by atoms with van der Waals surface area (Å²) in [5.41, 5.74) is 2.08. The van der Waals surface area contributed by atoms with Crippen molar-refractivity contribution in [2.24, 2.45) is 5.16 Å². The van der Waals surface area contributed by atoms with Gasteiger partial charge in [0.15, 0.2) is 0 Å². The lowest BCUT2D eigenvalue weighted by Gasteiger charge is -2.30. The summed E-state index contributed by atoms with van der Waals surface area (Å²) < 4.78 is 5.34. The molecule has 3 rings (SSSR count). The summed E-state index contributed by atoms with van der Waals surface area (Å²) in [7, 11) is 0. The van der Waals surface area contributed by atoms with Gasteiger partial charge >= 0.3 is 0 Å². The van der Waals surface area contributed by atoms with E-state index in [-0.39, 0.29) is 6.23 Å². The summed E-state index contributed by atoms with van der Waals surface area (Å²) in [5, 5.41) is 5.22. The van der Waals surface area contributed by atoms with Gasteiger partial charge in [-0.05, 0) is 12.1 Å². The average Bonchev–Trinajstić information content (AvgIpc) is 2.82. The smallest absolute Gasteiger partial charge is 0.208 e. The third-order valence-electron chi connectivity index (χ3n) is 3.42. The van der Waals surface area contributed by atoms with Gasteiger partial charge in [-0.1, -0.05) is 41.0 Å². The van der Waals surface area contributed by atoms with E-state index in [0.717, 1.165) is 18.7 Å². The minimum Gasteiger partial charge on any atom is -0.379 e. The lowest BCUT2D eigenvalue weighted by molar-refractivity contribution is -0.0660. The number of hydrogen-bond donors (Lipinski definition) is 0. The van der Waals surface area contributed by atoms with Gasteiger partial charge in [0, 0.05) is 24.2 Å². The summed E-state index contributed by atoms with van der Waals surface area (Å²) in [6.07, 6.45) is -0.263. The number of morpholine rings is 1. The molecule has 2 aliphatic heterocycles. The average molecular weight is 313 g/mol. The normalized spacial score (nSPS) is 23.6. The van der Waals surface area contributed by atoms with Gasteiger partial charge in [0.1, 0.15) is 5.71 Å². The molecule has 0 bridgehead atoms. The predicted octanol–water partition coefficient (Wildman–Crippen LogP) is 2.94. The zero-order chi connectivity index (χ0) is 14.1. The zero-order valence-corrected chi connectivity index (χ0v) is 12.3. The Morgan fingerprint density at radius 1 is 1.20 bits per heavy atom. The molecule has 1 fully saturated rings. The van der Waals surface area contributed by atoms with Crippen molar-refractivity contribution in [2.45, 2.75) is 6.23 Å². The minimum atomic E-state index is -0.263. The van der Waals surface area contributed by atoms with Crippen LogP contribution >= 0.6 is 23.2 Å². The van der Waals surface area contributed by atoms with Crippen LogP contribution in [0, 0.1) is 0 Å². The first-order valence-electron chi connectivity index (χ1n) is 6.37. The Bertz CT molecular complexity index is 548. The van der Waals surface area contributed by atoms with E-state index in [2.05, 4.69) is 16.6 Å². The number of hydrogen-bond acceptors (Lipinski definition) is 4. The molecule has 1 saturated heterocycles. The molecule has 0 spiro atoms. The molecular weight excluding hydrogens is 299 g/mol. The summed E-state index contributed by atoms with van der Waals surface area (Å²) in [5.74, 6) is 0. The summed E-state index contributed by atoms with van der Waals surface area (Å²) in [6, 6.07) is 5.36. The first-order chi connectivity index (χ1) is 9.68. The topological polar surface area (TPSA) is 34.1 Å². The highest BCUT2D eigenvalue weighted by molar-refractivity contribution is 6.41. The third-order valence-corrected chi connectivity index (χ3v) is 4.05. The second-order valence-electron chi connectivity index (χ2n) is 4.67. The summed E-state index contributed by atoms with van der Waals surface area (Å²) in [4.78, 5) is 7.67. The molecule has 1 aromatic carbocycles. The molecule has 0 saturated carbocycles. The zero-order valence-electron chi connectivity index (χ0n) is 10.8. The van der Waals surface area contributed by atoms with Gasteiger partial charge in [-0.2, -0.15) is 0 Å². The van der Waals surface area contributed by atoms with Crippen LogP contribution in [0.25, 0.3) is 0 Å². The van der Waals surface area contributed by atoms with Crippen molar-refractivity contribution in [3.05, 3.63) is 46.0 Å². The summed E-state index contributed by atoms with van der Waals surface area (Å²) in [6.45, 7) is 7.06. The Hall–Kier alpha value is -1.07. The molecule has 4 nitrogen and oxygen atoms in total. The number of halogens is 2. The van der Waals surface area contributed by atoms with Crippen molar-refractivity contribution in [3.8, 4) is 0 Å². The number of nitrogens with zero attached hydrogens (tertiary/aromatic N) is 2. The van der Waals surface area contributed by atoms with E-state index < -0.39 is 0 Å². The highest BCUT2D eigenvalue weighted by Gasteiger charge is 2.34. The van der Waals surface area contributed by atoms with Crippen LogP contribution in [-0.2, 0) is 9.57 Å². The Morgan fingerprint density at radius 2 is 1.85 bits per heavy atom. The molecule has 20 heavy (non-hydrogen) atoms. The van der Waals surface area contributed by atoms with Crippen LogP contribution < -0.4 is 0 Å². The van der Waals surface area contributed by atoms with Gasteiger partial charge in [0.05, 0.1) is 23.3 Å². The monoisotopic (exact) mass is 312 g/mol. The maximum atomic E-state index is 6.21. The van der Waals surface area contributed by atoms with Crippen molar-refractivity contribution >= 4 is 28.9 Å². The maximum Gasteiger partial charge on any atom is 0.208 e. The van der Waals surface area contributed by atoms with Crippen molar-refractivity contribution in [2.75, 3.05) is 26.3 Å². The van der Waals surface area contributed by atoms with Crippen LogP contribution in [0.1, 0.15) is 5.56 Å². The van der Waals surface area contributed by atoms with Crippen LogP contribution in [0.15, 0.2) is 35.5 Å². The molecule has 1 unspecified atom stereocenters. The van der Waals surface area contributed by atoms with Crippen LogP contribution in [0.5, 0.6) is 0 Å². The molecule has 0 aliphatic carbocycles. The van der Waals surface area contributed by atoms with E-state index in [1.807, 2.05) is 0 Å². The van der Waals surface area contributed by atoms with Crippen molar-refractivity contribution < 1.29 is 9.57 Å². The van der Waals surface area contributed by atoms with Gasteiger partial charge in [0.2, 0.25) is 6.23 Å². The quantitative estimate of drug-likeness (QED) is 0.842. The number of oxime groups is 1. The fourth-order valence-corrected chi connectivity index (χ4v) is 2.95. The number of benzene rings is 1. The maximum absolute atomic E-state index is 6.21. The molecule has 0 radical (unpaired) electrons. The van der Waals surface area contributed by atoms with Gasteiger partial charge in [0.25, 0.3) is 0 Å². The van der Waals surface area contributed by atoms with Crippen molar-refractivity contribution in [1.29, 1.82) is 0 Å². The Morgan fingerprint density at radius 3 is 2.50 bits per heavy atom. The molecule has 2 aliphatic rings.